The van der Waals surface area contributed by atoms with Gasteiger partial charge in [-0.05, 0) is 66.6 Å². The zero-order valence-electron chi connectivity index (χ0n) is 14.5. The van der Waals surface area contributed by atoms with Gasteiger partial charge in [0.25, 0.3) is 0 Å². The largest absolute Gasteiger partial charge is 0.486 e. The zero-order chi connectivity index (χ0) is 18.7. The molecule has 1 fully saturated rings. The molecule has 138 valence electrons. The summed E-state index contributed by atoms with van der Waals surface area (Å²) in [7, 11) is 0. The lowest BCUT2D eigenvalue weighted by atomic mass is 10.1. The minimum absolute atomic E-state index is 0.131. The SMILES string of the molecule is Cc1cc(COc2c(Cl)cc(CC(=O)O)cc2Cl)cc(NCC2CC2)c1. The van der Waals surface area contributed by atoms with Crippen LogP contribution in [0.4, 0.5) is 5.69 Å². The molecule has 1 saturated carbocycles. The van der Waals surface area contributed by atoms with Crippen LogP contribution < -0.4 is 10.1 Å². The summed E-state index contributed by atoms with van der Waals surface area (Å²) in [5.74, 6) is 0.241. The lowest BCUT2D eigenvalue weighted by Gasteiger charge is -2.13. The van der Waals surface area contributed by atoms with E-state index in [4.69, 9.17) is 33.0 Å². The van der Waals surface area contributed by atoms with Crippen LogP contribution >= 0.6 is 23.2 Å². The van der Waals surface area contributed by atoms with Crippen LogP contribution in [0.1, 0.15) is 29.5 Å². The van der Waals surface area contributed by atoms with Crippen molar-refractivity contribution in [3.05, 3.63) is 57.1 Å². The molecular formula is C20H21Cl2NO3. The van der Waals surface area contributed by atoms with E-state index < -0.39 is 5.97 Å². The normalized spacial score (nSPS) is 13.5. The van der Waals surface area contributed by atoms with Crippen molar-refractivity contribution in [3.8, 4) is 5.75 Å². The number of aryl methyl sites for hydroxylation is 1. The highest BCUT2D eigenvalue weighted by Gasteiger charge is 2.20. The van der Waals surface area contributed by atoms with E-state index in [1.165, 1.54) is 12.8 Å². The maximum absolute atomic E-state index is 10.8. The van der Waals surface area contributed by atoms with E-state index in [9.17, 15) is 4.79 Å². The van der Waals surface area contributed by atoms with Crippen LogP contribution in [0, 0.1) is 12.8 Å². The fourth-order valence-corrected chi connectivity index (χ4v) is 3.46. The Morgan fingerprint density at radius 2 is 1.85 bits per heavy atom. The molecule has 0 aliphatic heterocycles. The summed E-state index contributed by atoms with van der Waals surface area (Å²) in [4.78, 5) is 10.8. The lowest BCUT2D eigenvalue weighted by Crippen LogP contribution is -2.05. The van der Waals surface area contributed by atoms with Crippen molar-refractivity contribution >= 4 is 34.9 Å². The van der Waals surface area contributed by atoms with E-state index in [1.807, 2.05) is 6.92 Å². The lowest BCUT2D eigenvalue weighted by molar-refractivity contribution is -0.136. The van der Waals surface area contributed by atoms with Crippen LogP contribution in [0.2, 0.25) is 10.0 Å². The van der Waals surface area contributed by atoms with Gasteiger partial charge in [-0.15, -0.1) is 0 Å². The Morgan fingerprint density at radius 1 is 1.15 bits per heavy atom. The molecule has 3 rings (SSSR count). The third-order valence-electron chi connectivity index (χ3n) is 4.23. The molecule has 0 heterocycles. The summed E-state index contributed by atoms with van der Waals surface area (Å²) < 4.78 is 5.82. The van der Waals surface area contributed by atoms with Gasteiger partial charge < -0.3 is 15.2 Å². The molecule has 2 aromatic carbocycles. The van der Waals surface area contributed by atoms with E-state index in [1.54, 1.807) is 12.1 Å². The molecule has 0 atom stereocenters. The highest BCUT2D eigenvalue weighted by molar-refractivity contribution is 6.37. The van der Waals surface area contributed by atoms with Crippen molar-refractivity contribution < 1.29 is 14.6 Å². The molecule has 2 aromatic rings. The fraction of sp³-hybridized carbons (Fsp3) is 0.350. The van der Waals surface area contributed by atoms with Crippen molar-refractivity contribution in [1.29, 1.82) is 0 Å². The first-order valence-electron chi connectivity index (χ1n) is 8.57. The smallest absolute Gasteiger partial charge is 0.307 e. The summed E-state index contributed by atoms with van der Waals surface area (Å²) in [5, 5.41) is 13.0. The minimum Gasteiger partial charge on any atom is -0.486 e. The number of carbonyl (C=O) groups is 1. The second-order valence-electron chi connectivity index (χ2n) is 6.78. The second kappa shape index (κ2) is 8.19. The minimum atomic E-state index is -0.934. The molecule has 1 aliphatic rings. The average molecular weight is 394 g/mol. The standard InChI is InChI=1S/C20H21Cl2NO3/c1-12-4-15(6-16(5-12)23-10-13-2-3-13)11-26-20-17(21)7-14(8-18(20)22)9-19(24)25/h4-8,13,23H,2-3,9-11H2,1H3,(H,24,25). The second-order valence-corrected chi connectivity index (χ2v) is 7.59. The Hall–Kier alpha value is -1.91. The predicted octanol–water partition coefficient (Wildman–Crippen LogP) is 5.33. The maximum atomic E-state index is 10.8. The van der Waals surface area contributed by atoms with E-state index in [0.29, 0.717) is 28.0 Å². The molecular weight excluding hydrogens is 373 g/mol. The van der Waals surface area contributed by atoms with Crippen molar-refractivity contribution in [2.45, 2.75) is 32.8 Å². The molecule has 0 bridgehead atoms. The van der Waals surface area contributed by atoms with Gasteiger partial charge in [0.15, 0.2) is 5.75 Å². The van der Waals surface area contributed by atoms with Gasteiger partial charge in [0, 0.05) is 12.2 Å². The van der Waals surface area contributed by atoms with Crippen LogP contribution in [0.15, 0.2) is 30.3 Å². The summed E-state index contributed by atoms with van der Waals surface area (Å²) in [5.41, 5.74) is 3.80. The number of carboxylic acid groups (broad SMARTS) is 1. The molecule has 0 saturated heterocycles. The van der Waals surface area contributed by atoms with Gasteiger partial charge in [-0.25, -0.2) is 0 Å². The first-order chi connectivity index (χ1) is 12.4. The third-order valence-corrected chi connectivity index (χ3v) is 4.79. The average Bonchev–Trinajstić information content (AvgIpc) is 3.35. The highest BCUT2D eigenvalue weighted by Crippen LogP contribution is 2.35. The number of rotatable bonds is 8. The predicted molar refractivity (Wildman–Crippen MR) is 105 cm³/mol. The van der Waals surface area contributed by atoms with Crippen LogP contribution in [0.5, 0.6) is 5.75 Å². The number of carboxylic acids is 1. The third kappa shape index (κ3) is 5.29. The molecule has 4 nitrogen and oxygen atoms in total. The molecule has 26 heavy (non-hydrogen) atoms. The molecule has 0 spiro atoms. The summed E-state index contributed by atoms with van der Waals surface area (Å²) in [6.07, 6.45) is 2.49. The van der Waals surface area contributed by atoms with Gasteiger partial charge >= 0.3 is 5.97 Å². The Kier molecular flexibility index (Phi) is 5.94. The number of benzene rings is 2. The monoisotopic (exact) mass is 393 g/mol. The van der Waals surface area contributed by atoms with E-state index in [0.717, 1.165) is 29.3 Å². The number of hydrogen-bond acceptors (Lipinski definition) is 3. The van der Waals surface area contributed by atoms with Crippen molar-refractivity contribution in [3.63, 3.8) is 0 Å². The number of hydrogen-bond donors (Lipinski definition) is 2. The van der Waals surface area contributed by atoms with E-state index in [-0.39, 0.29) is 6.42 Å². The topological polar surface area (TPSA) is 58.6 Å². The number of aliphatic carboxylic acids is 1. The molecule has 0 amide bonds. The number of halogens is 2. The molecule has 2 N–H and O–H groups in total. The van der Waals surface area contributed by atoms with Crippen LogP contribution in [-0.4, -0.2) is 17.6 Å². The van der Waals surface area contributed by atoms with Crippen LogP contribution in [-0.2, 0) is 17.8 Å². The van der Waals surface area contributed by atoms with Gasteiger partial charge in [-0.2, -0.15) is 0 Å². The van der Waals surface area contributed by atoms with Gasteiger partial charge in [0.1, 0.15) is 6.61 Å². The van der Waals surface area contributed by atoms with Crippen LogP contribution in [0.3, 0.4) is 0 Å². The molecule has 0 radical (unpaired) electrons. The Bertz CT molecular complexity index is 796. The Balaban J connectivity index is 1.69. The Morgan fingerprint density at radius 3 is 2.46 bits per heavy atom. The van der Waals surface area contributed by atoms with Crippen molar-refractivity contribution in [2.75, 3.05) is 11.9 Å². The first kappa shape index (κ1) is 18.9. The van der Waals surface area contributed by atoms with Crippen LogP contribution in [0.25, 0.3) is 0 Å². The molecule has 6 heteroatoms. The van der Waals surface area contributed by atoms with E-state index in [2.05, 4.69) is 23.5 Å². The van der Waals surface area contributed by atoms with Crippen molar-refractivity contribution in [1.82, 2.24) is 0 Å². The van der Waals surface area contributed by atoms with E-state index >= 15 is 0 Å². The Labute approximate surface area is 163 Å². The zero-order valence-corrected chi connectivity index (χ0v) is 16.0. The maximum Gasteiger partial charge on any atom is 0.307 e. The summed E-state index contributed by atoms with van der Waals surface area (Å²) >= 11 is 12.4. The molecule has 0 aromatic heterocycles. The highest BCUT2D eigenvalue weighted by atomic mass is 35.5. The first-order valence-corrected chi connectivity index (χ1v) is 9.33. The number of nitrogens with one attached hydrogen (secondary N) is 1. The molecule has 0 unspecified atom stereocenters. The fourth-order valence-electron chi connectivity index (χ4n) is 2.81. The summed E-state index contributed by atoms with van der Waals surface area (Å²) in [6.45, 7) is 3.39. The van der Waals surface area contributed by atoms with Gasteiger partial charge in [0.2, 0.25) is 0 Å². The number of ether oxygens (including phenoxy) is 1. The quantitative estimate of drug-likeness (QED) is 0.636. The van der Waals surface area contributed by atoms with Crippen molar-refractivity contribution in [2.24, 2.45) is 5.92 Å². The van der Waals surface area contributed by atoms with Gasteiger partial charge in [-0.3, -0.25) is 4.79 Å². The van der Waals surface area contributed by atoms with Gasteiger partial charge in [-0.1, -0.05) is 29.3 Å². The van der Waals surface area contributed by atoms with Gasteiger partial charge in [0.05, 0.1) is 16.5 Å². The molecule has 1 aliphatic carbocycles. The number of anilines is 1. The summed E-state index contributed by atoms with van der Waals surface area (Å²) in [6, 6.07) is 9.40.